The standard InChI is InChI=1S/C15H16FN3O/c1-3-19(11-6-4-5-10(2)9-11)15(20)12-7-8-18-14(17)13(12)16/h4-9H,3H2,1-2H3,(H2,17,18). The molecule has 0 aliphatic rings. The van der Waals surface area contributed by atoms with Crippen molar-refractivity contribution in [2.75, 3.05) is 17.2 Å². The molecular formula is C15H16FN3O. The molecular weight excluding hydrogens is 257 g/mol. The van der Waals surface area contributed by atoms with Crippen molar-refractivity contribution in [2.24, 2.45) is 0 Å². The summed E-state index contributed by atoms with van der Waals surface area (Å²) in [4.78, 5) is 17.6. The lowest BCUT2D eigenvalue weighted by Crippen LogP contribution is -2.31. The summed E-state index contributed by atoms with van der Waals surface area (Å²) in [6, 6.07) is 8.83. The highest BCUT2D eigenvalue weighted by Gasteiger charge is 2.21. The molecule has 0 radical (unpaired) electrons. The van der Waals surface area contributed by atoms with Crippen LogP contribution in [0.3, 0.4) is 0 Å². The number of carbonyl (C=O) groups is 1. The third-order valence-corrected chi connectivity index (χ3v) is 3.02. The Balaban J connectivity index is 2.42. The molecule has 5 heteroatoms. The van der Waals surface area contributed by atoms with Gasteiger partial charge in [-0.15, -0.1) is 0 Å². The largest absolute Gasteiger partial charge is 0.381 e. The van der Waals surface area contributed by atoms with Crippen molar-refractivity contribution in [3.63, 3.8) is 0 Å². The van der Waals surface area contributed by atoms with E-state index in [2.05, 4.69) is 4.98 Å². The van der Waals surface area contributed by atoms with E-state index in [1.807, 2.05) is 38.1 Å². The first-order valence-corrected chi connectivity index (χ1v) is 6.33. The Morgan fingerprint density at radius 1 is 1.40 bits per heavy atom. The van der Waals surface area contributed by atoms with Crippen LogP contribution in [0.1, 0.15) is 22.8 Å². The third kappa shape index (κ3) is 2.61. The summed E-state index contributed by atoms with van der Waals surface area (Å²) in [5, 5.41) is 0. The molecule has 0 bridgehead atoms. The molecule has 0 aliphatic carbocycles. The van der Waals surface area contributed by atoms with Gasteiger partial charge in [-0.1, -0.05) is 12.1 Å². The van der Waals surface area contributed by atoms with Crippen molar-refractivity contribution < 1.29 is 9.18 Å². The first-order valence-electron chi connectivity index (χ1n) is 6.33. The minimum Gasteiger partial charge on any atom is -0.381 e. The first-order chi connectivity index (χ1) is 9.54. The summed E-state index contributed by atoms with van der Waals surface area (Å²) >= 11 is 0. The molecule has 1 amide bonds. The molecule has 1 heterocycles. The minimum absolute atomic E-state index is 0.0687. The summed E-state index contributed by atoms with van der Waals surface area (Å²) in [6.45, 7) is 4.21. The molecule has 2 N–H and O–H groups in total. The Morgan fingerprint density at radius 3 is 2.80 bits per heavy atom. The summed E-state index contributed by atoms with van der Waals surface area (Å²) in [5.74, 6) is -1.47. The van der Waals surface area contributed by atoms with Gasteiger partial charge >= 0.3 is 0 Å². The summed E-state index contributed by atoms with van der Waals surface area (Å²) in [5.41, 5.74) is 7.10. The molecule has 2 rings (SSSR count). The molecule has 20 heavy (non-hydrogen) atoms. The van der Waals surface area contributed by atoms with Gasteiger partial charge in [0.05, 0.1) is 5.56 Å². The van der Waals surface area contributed by atoms with Crippen LogP contribution in [-0.4, -0.2) is 17.4 Å². The third-order valence-electron chi connectivity index (χ3n) is 3.02. The fourth-order valence-corrected chi connectivity index (χ4v) is 2.01. The Kier molecular flexibility index (Phi) is 3.98. The molecule has 0 saturated heterocycles. The zero-order valence-electron chi connectivity index (χ0n) is 11.4. The van der Waals surface area contributed by atoms with Crippen LogP contribution >= 0.6 is 0 Å². The maximum Gasteiger partial charge on any atom is 0.261 e. The lowest BCUT2D eigenvalue weighted by Gasteiger charge is -2.21. The normalized spacial score (nSPS) is 10.3. The maximum atomic E-state index is 13.9. The quantitative estimate of drug-likeness (QED) is 0.935. The molecule has 0 saturated carbocycles. The number of halogens is 1. The second-order valence-electron chi connectivity index (χ2n) is 4.45. The average molecular weight is 273 g/mol. The van der Waals surface area contributed by atoms with Gasteiger partial charge in [-0.3, -0.25) is 4.79 Å². The fourth-order valence-electron chi connectivity index (χ4n) is 2.01. The smallest absolute Gasteiger partial charge is 0.261 e. The Bertz CT molecular complexity index is 643. The van der Waals surface area contributed by atoms with Crippen LogP contribution < -0.4 is 10.6 Å². The van der Waals surface area contributed by atoms with Gasteiger partial charge in [0.25, 0.3) is 5.91 Å². The van der Waals surface area contributed by atoms with Gasteiger partial charge in [0.15, 0.2) is 11.6 Å². The van der Waals surface area contributed by atoms with Crippen molar-refractivity contribution in [1.82, 2.24) is 4.98 Å². The van der Waals surface area contributed by atoms with Crippen molar-refractivity contribution in [3.8, 4) is 0 Å². The van der Waals surface area contributed by atoms with Crippen LogP contribution in [0.15, 0.2) is 36.5 Å². The van der Waals surface area contributed by atoms with E-state index < -0.39 is 11.7 Å². The minimum atomic E-state index is -0.774. The number of anilines is 2. The van der Waals surface area contributed by atoms with E-state index >= 15 is 0 Å². The summed E-state index contributed by atoms with van der Waals surface area (Å²) in [6.07, 6.45) is 1.33. The van der Waals surface area contributed by atoms with E-state index in [1.54, 1.807) is 0 Å². The van der Waals surface area contributed by atoms with Gasteiger partial charge in [0.1, 0.15) is 0 Å². The fraction of sp³-hybridized carbons (Fsp3) is 0.200. The number of amides is 1. The predicted molar refractivity (Wildman–Crippen MR) is 77.1 cm³/mol. The second-order valence-corrected chi connectivity index (χ2v) is 4.45. The Labute approximate surface area is 117 Å². The highest BCUT2D eigenvalue weighted by Crippen LogP contribution is 2.21. The number of nitrogens with two attached hydrogens (primary N) is 1. The number of aromatic nitrogens is 1. The Hall–Kier alpha value is -2.43. The Morgan fingerprint density at radius 2 is 2.15 bits per heavy atom. The summed E-state index contributed by atoms with van der Waals surface area (Å²) < 4.78 is 13.9. The number of nitrogens with zero attached hydrogens (tertiary/aromatic N) is 2. The number of hydrogen-bond acceptors (Lipinski definition) is 3. The topological polar surface area (TPSA) is 59.2 Å². The zero-order valence-corrected chi connectivity index (χ0v) is 11.4. The molecule has 0 atom stereocenters. The van der Waals surface area contributed by atoms with Gasteiger partial charge < -0.3 is 10.6 Å². The molecule has 0 spiro atoms. The van der Waals surface area contributed by atoms with Crippen molar-refractivity contribution in [1.29, 1.82) is 0 Å². The molecule has 104 valence electrons. The van der Waals surface area contributed by atoms with Crippen LogP contribution in [0.25, 0.3) is 0 Å². The number of benzene rings is 1. The zero-order chi connectivity index (χ0) is 14.7. The van der Waals surface area contributed by atoms with E-state index in [9.17, 15) is 9.18 Å². The number of carbonyl (C=O) groups excluding carboxylic acids is 1. The van der Waals surface area contributed by atoms with E-state index in [1.165, 1.54) is 17.2 Å². The van der Waals surface area contributed by atoms with E-state index in [0.717, 1.165) is 11.3 Å². The molecule has 0 aliphatic heterocycles. The highest BCUT2D eigenvalue weighted by molar-refractivity contribution is 6.06. The van der Waals surface area contributed by atoms with E-state index in [-0.39, 0.29) is 11.4 Å². The van der Waals surface area contributed by atoms with Crippen LogP contribution in [0.4, 0.5) is 15.9 Å². The van der Waals surface area contributed by atoms with Crippen LogP contribution in [-0.2, 0) is 0 Å². The van der Waals surface area contributed by atoms with Crippen molar-refractivity contribution in [2.45, 2.75) is 13.8 Å². The predicted octanol–water partition coefficient (Wildman–Crippen LogP) is 2.78. The first kappa shape index (κ1) is 14.0. The highest BCUT2D eigenvalue weighted by atomic mass is 19.1. The van der Waals surface area contributed by atoms with Crippen LogP contribution in [0, 0.1) is 12.7 Å². The number of hydrogen-bond donors (Lipinski definition) is 1. The molecule has 1 aromatic carbocycles. The number of pyridine rings is 1. The van der Waals surface area contributed by atoms with Crippen LogP contribution in [0.5, 0.6) is 0 Å². The van der Waals surface area contributed by atoms with Crippen molar-refractivity contribution in [3.05, 3.63) is 53.5 Å². The van der Waals surface area contributed by atoms with Gasteiger partial charge in [-0.2, -0.15) is 0 Å². The van der Waals surface area contributed by atoms with Crippen LogP contribution in [0.2, 0.25) is 0 Å². The SMILES string of the molecule is CCN(C(=O)c1ccnc(N)c1F)c1cccc(C)c1. The number of rotatable bonds is 3. The number of aryl methyl sites for hydroxylation is 1. The van der Waals surface area contributed by atoms with Gasteiger partial charge in [-0.25, -0.2) is 9.37 Å². The molecule has 1 aromatic heterocycles. The molecule has 4 nitrogen and oxygen atoms in total. The molecule has 2 aromatic rings. The molecule has 0 unspecified atom stereocenters. The van der Waals surface area contributed by atoms with Crippen molar-refractivity contribution >= 4 is 17.4 Å². The average Bonchev–Trinajstić information content (AvgIpc) is 2.42. The lowest BCUT2D eigenvalue weighted by molar-refractivity contribution is 0.0984. The summed E-state index contributed by atoms with van der Waals surface area (Å²) in [7, 11) is 0. The van der Waals surface area contributed by atoms with E-state index in [4.69, 9.17) is 5.73 Å². The van der Waals surface area contributed by atoms with Gasteiger partial charge in [-0.05, 0) is 37.6 Å². The van der Waals surface area contributed by atoms with E-state index in [0.29, 0.717) is 6.54 Å². The monoisotopic (exact) mass is 273 g/mol. The van der Waals surface area contributed by atoms with Gasteiger partial charge in [0.2, 0.25) is 0 Å². The second kappa shape index (κ2) is 5.69. The maximum absolute atomic E-state index is 13.9. The lowest BCUT2D eigenvalue weighted by atomic mass is 10.1. The number of nitrogen functional groups attached to an aromatic ring is 1. The molecule has 0 fully saturated rings. The van der Waals surface area contributed by atoms with Gasteiger partial charge in [0, 0.05) is 18.4 Å².